The fourth-order valence-corrected chi connectivity index (χ4v) is 2.27. The van der Waals surface area contributed by atoms with E-state index in [2.05, 4.69) is 11.4 Å². The first-order chi connectivity index (χ1) is 7.27. The molecule has 0 aromatic carbocycles. The van der Waals surface area contributed by atoms with Crippen LogP contribution in [-0.2, 0) is 4.79 Å². The van der Waals surface area contributed by atoms with Crippen LogP contribution in [0.1, 0.15) is 51.4 Å². The smallest absolute Gasteiger partial charge is 0.240 e. The largest absolute Gasteiger partial charge is 0.352 e. The van der Waals surface area contributed by atoms with E-state index in [1.54, 1.807) is 0 Å². The Hall–Kier alpha value is -1.04. The minimum atomic E-state index is -0.709. The van der Waals surface area contributed by atoms with Crippen molar-refractivity contribution < 1.29 is 4.79 Å². The maximum atomic E-state index is 12.0. The van der Waals surface area contributed by atoms with Crippen molar-refractivity contribution >= 4 is 5.91 Å². The molecular formula is C12H18N2O. The standard InChI is InChI=1S/C12H18N2O/c13-9-12(7-3-1-2-4-8-12)11(15)14-10-5-6-10/h10H,1-8H2,(H,14,15). The fourth-order valence-electron chi connectivity index (χ4n) is 2.27. The molecule has 2 rings (SSSR count). The number of amides is 1. The highest BCUT2D eigenvalue weighted by atomic mass is 16.2. The molecule has 0 bridgehead atoms. The number of nitriles is 1. The van der Waals surface area contributed by atoms with Crippen molar-refractivity contribution in [3.8, 4) is 6.07 Å². The van der Waals surface area contributed by atoms with E-state index in [0.717, 1.165) is 38.5 Å². The topological polar surface area (TPSA) is 52.9 Å². The van der Waals surface area contributed by atoms with Gasteiger partial charge in [0.1, 0.15) is 5.41 Å². The van der Waals surface area contributed by atoms with Crippen LogP contribution in [0.4, 0.5) is 0 Å². The van der Waals surface area contributed by atoms with Crippen molar-refractivity contribution in [1.82, 2.24) is 5.32 Å². The van der Waals surface area contributed by atoms with Crippen molar-refractivity contribution in [3.05, 3.63) is 0 Å². The number of hydrogen-bond donors (Lipinski definition) is 1. The third-order valence-electron chi connectivity index (χ3n) is 3.52. The molecule has 0 radical (unpaired) electrons. The fraction of sp³-hybridized carbons (Fsp3) is 0.833. The minimum Gasteiger partial charge on any atom is -0.352 e. The predicted molar refractivity (Wildman–Crippen MR) is 56.9 cm³/mol. The lowest BCUT2D eigenvalue weighted by Crippen LogP contribution is -2.40. The average Bonchev–Trinajstić information content (AvgIpc) is 3.03. The summed E-state index contributed by atoms with van der Waals surface area (Å²) in [4.78, 5) is 12.0. The molecule has 0 aromatic heterocycles. The highest BCUT2D eigenvalue weighted by Gasteiger charge is 2.40. The molecule has 3 heteroatoms. The van der Waals surface area contributed by atoms with Crippen LogP contribution in [0.15, 0.2) is 0 Å². The van der Waals surface area contributed by atoms with Gasteiger partial charge < -0.3 is 5.32 Å². The summed E-state index contributed by atoms with van der Waals surface area (Å²) in [5.74, 6) is -0.00519. The van der Waals surface area contributed by atoms with Gasteiger partial charge in [0.15, 0.2) is 0 Å². The van der Waals surface area contributed by atoms with Crippen LogP contribution >= 0.6 is 0 Å². The van der Waals surface area contributed by atoms with E-state index in [1.807, 2.05) is 0 Å². The van der Waals surface area contributed by atoms with Crippen LogP contribution in [0.2, 0.25) is 0 Å². The van der Waals surface area contributed by atoms with E-state index in [-0.39, 0.29) is 5.91 Å². The lowest BCUT2D eigenvalue weighted by Gasteiger charge is -2.23. The molecule has 82 valence electrons. The van der Waals surface area contributed by atoms with Crippen LogP contribution in [0, 0.1) is 16.7 Å². The second-order valence-electron chi connectivity index (χ2n) is 4.86. The highest BCUT2D eigenvalue weighted by molar-refractivity contribution is 5.85. The normalized spacial score (nSPS) is 25.0. The van der Waals surface area contributed by atoms with E-state index >= 15 is 0 Å². The number of rotatable bonds is 2. The van der Waals surface area contributed by atoms with E-state index < -0.39 is 5.41 Å². The molecule has 0 aromatic rings. The summed E-state index contributed by atoms with van der Waals surface area (Å²) in [5, 5.41) is 12.2. The molecule has 0 spiro atoms. The number of nitrogens with zero attached hydrogens (tertiary/aromatic N) is 1. The maximum absolute atomic E-state index is 12.0. The van der Waals surface area contributed by atoms with Gasteiger partial charge in [-0.25, -0.2) is 0 Å². The van der Waals surface area contributed by atoms with Crippen molar-refractivity contribution in [2.45, 2.75) is 57.4 Å². The van der Waals surface area contributed by atoms with Crippen LogP contribution in [0.3, 0.4) is 0 Å². The zero-order valence-corrected chi connectivity index (χ0v) is 9.09. The molecule has 15 heavy (non-hydrogen) atoms. The summed E-state index contributed by atoms with van der Waals surface area (Å²) in [5.41, 5.74) is -0.709. The number of nitrogens with one attached hydrogen (secondary N) is 1. The molecule has 0 heterocycles. The van der Waals surface area contributed by atoms with E-state index in [9.17, 15) is 10.1 Å². The van der Waals surface area contributed by atoms with E-state index in [1.165, 1.54) is 12.8 Å². The summed E-state index contributed by atoms with van der Waals surface area (Å²) < 4.78 is 0. The van der Waals surface area contributed by atoms with E-state index in [0.29, 0.717) is 6.04 Å². The van der Waals surface area contributed by atoms with Crippen LogP contribution in [0.25, 0.3) is 0 Å². The van der Waals surface area contributed by atoms with Gasteiger partial charge in [0, 0.05) is 6.04 Å². The van der Waals surface area contributed by atoms with Gasteiger partial charge in [0.05, 0.1) is 6.07 Å². The van der Waals surface area contributed by atoms with Gasteiger partial charge >= 0.3 is 0 Å². The molecule has 0 saturated heterocycles. The Morgan fingerprint density at radius 2 is 1.80 bits per heavy atom. The van der Waals surface area contributed by atoms with Gasteiger partial charge in [-0.2, -0.15) is 5.26 Å². The molecule has 1 N–H and O–H groups in total. The van der Waals surface area contributed by atoms with Gasteiger partial charge in [-0.1, -0.05) is 25.7 Å². The summed E-state index contributed by atoms with van der Waals surface area (Å²) in [6, 6.07) is 2.64. The zero-order chi connectivity index (χ0) is 10.7. The predicted octanol–water partition coefficient (Wildman–Crippen LogP) is 2.13. The van der Waals surface area contributed by atoms with Gasteiger partial charge in [0.25, 0.3) is 0 Å². The molecule has 0 aliphatic heterocycles. The third-order valence-corrected chi connectivity index (χ3v) is 3.52. The molecule has 0 unspecified atom stereocenters. The van der Waals surface area contributed by atoms with Gasteiger partial charge in [0.2, 0.25) is 5.91 Å². The number of carbonyl (C=O) groups excluding carboxylic acids is 1. The van der Waals surface area contributed by atoms with Crippen molar-refractivity contribution in [1.29, 1.82) is 5.26 Å². The summed E-state index contributed by atoms with van der Waals surface area (Å²) in [6.45, 7) is 0. The SMILES string of the molecule is N#CC1(C(=O)NC2CC2)CCCCCC1. The zero-order valence-electron chi connectivity index (χ0n) is 9.09. The Balaban J connectivity index is 2.04. The third kappa shape index (κ3) is 2.31. The second-order valence-corrected chi connectivity index (χ2v) is 4.86. The summed E-state index contributed by atoms with van der Waals surface area (Å²) >= 11 is 0. The van der Waals surface area contributed by atoms with Gasteiger partial charge in [-0.15, -0.1) is 0 Å². The van der Waals surface area contributed by atoms with Crippen molar-refractivity contribution in [2.75, 3.05) is 0 Å². The monoisotopic (exact) mass is 206 g/mol. The molecule has 1 amide bonds. The molecule has 2 aliphatic rings. The molecule has 2 saturated carbocycles. The molecular weight excluding hydrogens is 188 g/mol. The van der Waals surface area contributed by atoms with Crippen molar-refractivity contribution in [3.63, 3.8) is 0 Å². The second kappa shape index (κ2) is 4.22. The molecule has 0 atom stereocenters. The van der Waals surface area contributed by atoms with E-state index in [4.69, 9.17) is 0 Å². The Morgan fingerprint density at radius 3 is 2.27 bits per heavy atom. The first kappa shape index (κ1) is 10.5. The quantitative estimate of drug-likeness (QED) is 0.704. The lowest BCUT2D eigenvalue weighted by atomic mass is 9.81. The number of hydrogen-bond acceptors (Lipinski definition) is 2. The Morgan fingerprint density at radius 1 is 1.20 bits per heavy atom. The van der Waals surface area contributed by atoms with Gasteiger partial charge in [-0.05, 0) is 25.7 Å². The van der Waals surface area contributed by atoms with Gasteiger partial charge in [-0.3, -0.25) is 4.79 Å². The lowest BCUT2D eigenvalue weighted by molar-refractivity contribution is -0.128. The van der Waals surface area contributed by atoms with Crippen LogP contribution in [0.5, 0.6) is 0 Å². The average molecular weight is 206 g/mol. The first-order valence-electron chi connectivity index (χ1n) is 5.99. The molecule has 2 fully saturated rings. The summed E-state index contributed by atoms with van der Waals surface area (Å²) in [6.07, 6.45) is 8.06. The molecule has 3 nitrogen and oxygen atoms in total. The summed E-state index contributed by atoms with van der Waals surface area (Å²) in [7, 11) is 0. The highest BCUT2D eigenvalue weighted by Crippen LogP contribution is 2.35. The molecule has 2 aliphatic carbocycles. The Kier molecular flexibility index (Phi) is 2.95. The number of carbonyl (C=O) groups is 1. The first-order valence-corrected chi connectivity index (χ1v) is 5.99. The Labute approximate surface area is 90.8 Å². The van der Waals surface area contributed by atoms with Crippen LogP contribution < -0.4 is 5.32 Å². The van der Waals surface area contributed by atoms with Crippen molar-refractivity contribution in [2.24, 2.45) is 5.41 Å². The Bertz CT molecular complexity index is 280. The van der Waals surface area contributed by atoms with Crippen LogP contribution in [-0.4, -0.2) is 11.9 Å². The minimum absolute atomic E-state index is 0.00519. The maximum Gasteiger partial charge on any atom is 0.240 e.